The van der Waals surface area contributed by atoms with Crippen LogP contribution in [0.5, 0.6) is 11.5 Å². The number of halogens is 2. The Bertz CT molecular complexity index is 1270. The lowest BCUT2D eigenvalue weighted by Crippen LogP contribution is -2.27. The van der Waals surface area contributed by atoms with Gasteiger partial charge in [-0.25, -0.2) is 0 Å². The Morgan fingerprint density at radius 2 is 1.69 bits per heavy atom. The molecule has 1 heterocycles. The van der Waals surface area contributed by atoms with Crippen molar-refractivity contribution in [2.75, 3.05) is 6.61 Å². The van der Waals surface area contributed by atoms with Crippen molar-refractivity contribution in [2.45, 2.75) is 27.0 Å². The summed E-state index contributed by atoms with van der Waals surface area (Å²) >= 11 is 19.3. The topological polar surface area (TPSA) is 38.8 Å². The van der Waals surface area contributed by atoms with E-state index in [1.165, 1.54) is 17.3 Å². The molecule has 0 aliphatic carbocycles. The Labute approximate surface area is 224 Å². The maximum absolute atomic E-state index is 13.1. The molecule has 0 saturated carbocycles. The third-order valence-corrected chi connectivity index (χ3v) is 7.17. The first kappa shape index (κ1) is 25.6. The van der Waals surface area contributed by atoms with Crippen molar-refractivity contribution in [3.8, 4) is 11.5 Å². The summed E-state index contributed by atoms with van der Waals surface area (Å²) in [4.78, 5) is 15.2. The number of thiocarbonyl (C=S) groups is 1. The van der Waals surface area contributed by atoms with Gasteiger partial charge < -0.3 is 9.47 Å². The first-order valence-corrected chi connectivity index (χ1v) is 13.0. The van der Waals surface area contributed by atoms with Crippen molar-refractivity contribution >= 4 is 63.5 Å². The Balaban J connectivity index is 1.54. The first-order chi connectivity index (χ1) is 16.8. The van der Waals surface area contributed by atoms with Crippen molar-refractivity contribution in [1.29, 1.82) is 0 Å². The molecule has 4 rings (SSSR count). The van der Waals surface area contributed by atoms with Crippen LogP contribution in [0.4, 0.5) is 0 Å². The summed E-state index contributed by atoms with van der Waals surface area (Å²) in [5.41, 5.74) is 3.88. The van der Waals surface area contributed by atoms with Gasteiger partial charge in [-0.3, -0.25) is 9.69 Å². The maximum atomic E-state index is 13.1. The van der Waals surface area contributed by atoms with Crippen molar-refractivity contribution in [3.05, 3.63) is 97.9 Å². The van der Waals surface area contributed by atoms with Crippen molar-refractivity contribution in [1.82, 2.24) is 4.90 Å². The van der Waals surface area contributed by atoms with Gasteiger partial charge in [-0.15, -0.1) is 0 Å². The Morgan fingerprint density at radius 3 is 2.37 bits per heavy atom. The van der Waals surface area contributed by atoms with Gasteiger partial charge in [-0.05, 0) is 60.9 Å². The third-order valence-electron chi connectivity index (χ3n) is 5.26. The number of amides is 1. The molecule has 0 atom stereocenters. The van der Waals surface area contributed by atoms with Crippen LogP contribution in [0.15, 0.2) is 65.6 Å². The second kappa shape index (κ2) is 11.5. The highest BCUT2D eigenvalue weighted by atomic mass is 35.5. The Kier molecular flexibility index (Phi) is 8.39. The largest absolute Gasteiger partial charge is 0.490 e. The molecule has 3 aromatic rings. The predicted molar refractivity (Wildman–Crippen MR) is 148 cm³/mol. The van der Waals surface area contributed by atoms with Crippen LogP contribution in [0.2, 0.25) is 10.0 Å². The molecule has 180 valence electrons. The predicted octanol–water partition coefficient (Wildman–Crippen LogP) is 7.68. The van der Waals surface area contributed by atoms with E-state index in [1.807, 2.05) is 68.4 Å². The van der Waals surface area contributed by atoms with Gasteiger partial charge in [0.15, 0.2) is 11.5 Å². The summed E-state index contributed by atoms with van der Waals surface area (Å²) in [6.45, 7) is 5.11. The molecule has 1 amide bonds. The molecule has 1 aliphatic rings. The summed E-state index contributed by atoms with van der Waals surface area (Å²) in [6.07, 6.45) is 1.78. The van der Waals surface area contributed by atoms with Crippen LogP contribution in [0.1, 0.15) is 29.2 Å². The molecular weight excluding hydrogens is 521 g/mol. The third kappa shape index (κ3) is 6.39. The number of carbonyl (C=O) groups is 1. The van der Waals surface area contributed by atoms with E-state index in [0.717, 1.165) is 16.7 Å². The van der Waals surface area contributed by atoms with Crippen LogP contribution in [-0.4, -0.2) is 21.7 Å². The number of rotatable bonds is 8. The lowest BCUT2D eigenvalue weighted by atomic mass is 10.1. The van der Waals surface area contributed by atoms with Gasteiger partial charge in [-0.1, -0.05) is 89.1 Å². The smallest absolute Gasteiger partial charge is 0.266 e. The SMILES string of the molecule is CCOc1cc(/C=C2\SC(=S)N(Cc3ccc(C)cc3)C2=O)cc(Cl)c1OCc1ccc(Cl)cc1. The fraction of sp³-hybridized carbons (Fsp3) is 0.185. The van der Waals surface area contributed by atoms with Crippen LogP contribution in [-0.2, 0) is 17.9 Å². The highest BCUT2D eigenvalue weighted by Gasteiger charge is 2.32. The molecule has 0 bridgehead atoms. The molecule has 0 spiro atoms. The fourth-order valence-electron chi connectivity index (χ4n) is 3.47. The molecule has 1 fully saturated rings. The van der Waals surface area contributed by atoms with Gasteiger partial charge in [0.05, 0.1) is 23.1 Å². The van der Waals surface area contributed by atoms with E-state index in [1.54, 1.807) is 17.0 Å². The highest BCUT2D eigenvalue weighted by Crippen LogP contribution is 2.40. The zero-order valence-electron chi connectivity index (χ0n) is 19.2. The van der Waals surface area contributed by atoms with Crippen molar-refractivity contribution in [2.24, 2.45) is 0 Å². The van der Waals surface area contributed by atoms with Crippen molar-refractivity contribution < 1.29 is 14.3 Å². The highest BCUT2D eigenvalue weighted by molar-refractivity contribution is 8.26. The van der Waals surface area contributed by atoms with Gasteiger partial charge in [0.25, 0.3) is 5.91 Å². The number of ether oxygens (including phenoxy) is 2. The minimum absolute atomic E-state index is 0.127. The van der Waals surface area contributed by atoms with Crippen LogP contribution >= 0.6 is 47.2 Å². The van der Waals surface area contributed by atoms with Crippen LogP contribution in [0, 0.1) is 6.92 Å². The number of hydrogen-bond donors (Lipinski definition) is 0. The number of nitrogens with zero attached hydrogens (tertiary/aromatic N) is 1. The molecule has 0 N–H and O–H groups in total. The second-order valence-corrected chi connectivity index (χ2v) is 10.5. The van der Waals surface area contributed by atoms with E-state index in [-0.39, 0.29) is 5.91 Å². The van der Waals surface area contributed by atoms with Gasteiger partial charge in [0.2, 0.25) is 0 Å². The average Bonchev–Trinajstić information content (AvgIpc) is 3.08. The molecule has 4 nitrogen and oxygen atoms in total. The lowest BCUT2D eigenvalue weighted by molar-refractivity contribution is -0.122. The standard InChI is InChI=1S/C27H23Cl2NO3S2/c1-3-32-23-13-20(12-22(29)25(23)33-16-19-8-10-21(28)11-9-19)14-24-26(31)30(27(34)35-24)15-18-6-4-17(2)5-7-18/h4-14H,3,15-16H2,1-2H3/b24-14-. The minimum Gasteiger partial charge on any atom is -0.490 e. The van der Waals surface area contributed by atoms with Gasteiger partial charge in [-0.2, -0.15) is 0 Å². The molecule has 0 radical (unpaired) electrons. The quantitative estimate of drug-likeness (QED) is 0.215. The zero-order valence-corrected chi connectivity index (χ0v) is 22.4. The van der Waals surface area contributed by atoms with Crippen LogP contribution < -0.4 is 9.47 Å². The first-order valence-electron chi connectivity index (χ1n) is 11.0. The minimum atomic E-state index is -0.127. The fourth-order valence-corrected chi connectivity index (χ4v) is 5.13. The summed E-state index contributed by atoms with van der Waals surface area (Å²) < 4.78 is 12.3. The van der Waals surface area contributed by atoms with Gasteiger partial charge in [0, 0.05) is 5.02 Å². The number of aryl methyl sites for hydroxylation is 1. The molecule has 0 unspecified atom stereocenters. The molecule has 35 heavy (non-hydrogen) atoms. The summed E-state index contributed by atoms with van der Waals surface area (Å²) in [7, 11) is 0. The Hall–Kier alpha value is -2.51. The van der Waals surface area contributed by atoms with Crippen molar-refractivity contribution in [3.63, 3.8) is 0 Å². The van der Waals surface area contributed by atoms with Gasteiger partial charge >= 0.3 is 0 Å². The van der Waals surface area contributed by atoms with E-state index in [2.05, 4.69) is 0 Å². The molecular formula is C27H23Cl2NO3S2. The summed E-state index contributed by atoms with van der Waals surface area (Å²) in [5, 5.41) is 1.06. The molecule has 8 heteroatoms. The van der Waals surface area contributed by atoms with Crippen LogP contribution in [0.25, 0.3) is 6.08 Å². The van der Waals surface area contributed by atoms with E-state index < -0.39 is 0 Å². The lowest BCUT2D eigenvalue weighted by Gasteiger charge is -2.15. The molecule has 0 aromatic heterocycles. The molecule has 1 aliphatic heterocycles. The van der Waals surface area contributed by atoms with E-state index in [9.17, 15) is 4.79 Å². The zero-order chi connectivity index (χ0) is 24.9. The normalized spacial score (nSPS) is 14.6. The van der Waals surface area contributed by atoms with Gasteiger partial charge in [0.1, 0.15) is 10.9 Å². The Morgan fingerprint density at radius 1 is 1.00 bits per heavy atom. The number of benzene rings is 3. The second-order valence-electron chi connectivity index (χ2n) is 7.93. The summed E-state index contributed by atoms with van der Waals surface area (Å²) in [6, 6.07) is 19.0. The monoisotopic (exact) mass is 543 g/mol. The van der Waals surface area contributed by atoms with E-state index in [4.69, 9.17) is 44.9 Å². The number of carbonyl (C=O) groups excluding carboxylic acids is 1. The van der Waals surface area contributed by atoms with Crippen LogP contribution in [0.3, 0.4) is 0 Å². The molecule has 3 aromatic carbocycles. The summed E-state index contributed by atoms with van der Waals surface area (Å²) in [5.74, 6) is 0.834. The number of hydrogen-bond acceptors (Lipinski definition) is 5. The maximum Gasteiger partial charge on any atom is 0.266 e. The number of thioether (sulfide) groups is 1. The van der Waals surface area contributed by atoms with E-state index in [0.29, 0.717) is 50.5 Å². The average molecular weight is 545 g/mol. The van der Waals surface area contributed by atoms with E-state index >= 15 is 0 Å². The molecule has 1 saturated heterocycles.